The molecule has 2 aromatic rings. The van der Waals surface area contributed by atoms with Gasteiger partial charge < -0.3 is 21.1 Å². The molecular formula is C31H45Cl2F2N3O3. The highest BCUT2D eigenvalue weighted by Gasteiger charge is 2.34. The summed E-state index contributed by atoms with van der Waals surface area (Å²) < 4.78 is 28.4. The van der Waals surface area contributed by atoms with Crippen LogP contribution in [-0.4, -0.2) is 43.7 Å². The molecule has 0 unspecified atom stereocenters. The summed E-state index contributed by atoms with van der Waals surface area (Å²) in [4.78, 5) is 20.3. The molecule has 4 rings (SSSR count). The number of halogens is 4. The Hall–Kier alpha value is -2.26. The number of benzene rings is 2. The highest BCUT2D eigenvalue weighted by Crippen LogP contribution is 2.42. The average Bonchev–Trinajstić information content (AvgIpc) is 3.58. The minimum absolute atomic E-state index is 0.0463. The van der Waals surface area contributed by atoms with E-state index in [-0.39, 0.29) is 28.0 Å². The Morgan fingerprint density at radius 3 is 2.02 bits per heavy atom. The number of nitrogens with one attached hydrogen (secondary N) is 3. The molecule has 10 heteroatoms. The predicted octanol–water partition coefficient (Wildman–Crippen LogP) is 7.43. The van der Waals surface area contributed by atoms with E-state index in [0.717, 1.165) is 25.8 Å². The van der Waals surface area contributed by atoms with Crippen molar-refractivity contribution in [1.29, 1.82) is 0 Å². The van der Waals surface area contributed by atoms with Crippen LogP contribution in [0, 0.1) is 17.0 Å². The van der Waals surface area contributed by atoms with Crippen LogP contribution in [0.1, 0.15) is 89.7 Å². The largest absolute Gasteiger partial charge is 0.393 e. The summed E-state index contributed by atoms with van der Waals surface area (Å²) in [5.74, 6) is -1.53. The molecule has 1 saturated carbocycles. The highest BCUT2D eigenvalue weighted by molar-refractivity contribution is 6.31. The van der Waals surface area contributed by atoms with Gasteiger partial charge in [0, 0.05) is 37.2 Å². The molecule has 1 aliphatic carbocycles. The van der Waals surface area contributed by atoms with Crippen LogP contribution in [0.4, 0.5) is 14.5 Å². The molecule has 0 radical (unpaired) electrons. The van der Waals surface area contributed by atoms with Gasteiger partial charge in [-0.25, -0.2) is 8.78 Å². The lowest BCUT2D eigenvalue weighted by Gasteiger charge is -2.23. The van der Waals surface area contributed by atoms with Crippen LogP contribution in [0.3, 0.4) is 0 Å². The monoisotopic (exact) mass is 615 g/mol. The molecule has 2 fully saturated rings. The molecule has 2 aliphatic rings. The van der Waals surface area contributed by atoms with E-state index in [1.54, 1.807) is 12.1 Å². The molecule has 230 valence electrons. The summed E-state index contributed by atoms with van der Waals surface area (Å²) in [6, 6.07) is 7.50. The molecule has 41 heavy (non-hydrogen) atoms. The Kier molecular flexibility index (Phi) is 17.1. The van der Waals surface area contributed by atoms with E-state index in [1.165, 1.54) is 31.0 Å². The lowest BCUT2D eigenvalue weighted by Crippen LogP contribution is -2.13. The third-order valence-electron chi connectivity index (χ3n) is 6.10. The normalized spacial score (nSPS) is 18.1. The first-order valence-corrected chi connectivity index (χ1v) is 14.8. The smallest absolute Gasteiger partial charge is 0.211 e. The number of amides is 2. The zero-order chi connectivity index (χ0) is 31.0. The second-order valence-electron chi connectivity index (χ2n) is 11.6. The second-order valence-corrected chi connectivity index (χ2v) is 12.5. The minimum Gasteiger partial charge on any atom is -0.393 e. The van der Waals surface area contributed by atoms with Gasteiger partial charge in [0.1, 0.15) is 11.6 Å². The highest BCUT2D eigenvalue weighted by atomic mass is 35.5. The number of hydrogen-bond acceptors (Lipinski definition) is 4. The van der Waals surface area contributed by atoms with Crippen LogP contribution < -0.4 is 16.0 Å². The fourth-order valence-electron chi connectivity index (χ4n) is 4.30. The van der Waals surface area contributed by atoms with Crippen LogP contribution in [0.25, 0.3) is 0 Å². The van der Waals surface area contributed by atoms with Crippen LogP contribution in [0.15, 0.2) is 30.3 Å². The number of carbonyl (C=O) groups is 2. The molecule has 2 amide bonds. The summed E-state index contributed by atoms with van der Waals surface area (Å²) in [6.07, 6.45) is 6.83. The maximum absolute atomic E-state index is 14.4. The van der Waals surface area contributed by atoms with Crippen LogP contribution >= 0.6 is 23.2 Å². The first-order chi connectivity index (χ1) is 19.3. The number of rotatable bonds is 7. The molecule has 0 aromatic heterocycles. The van der Waals surface area contributed by atoms with Gasteiger partial charge in [0.05, 0.1) is 16.1 Å². The summed E-state index contributed by atoms with van der Waals surface area (Å²) in [7, 11) is 0. The van der Waals surface area contributed by atoms with Gasteiger partial charge in [-0.1, -0.05) is 82.8 Å². The molecule has 6 nitrogen and oxygen atoms in total. The molecule has 0 spiro atoms. The Morgan fingerprint density at radius 2 is 1.56 bits per heavy atom. The summed E-state index contributed by atoms with van der Waals surface area (Å²) in [6.45, 7) is 12.6. The molecule has 1 heterocycles. The number of hydrogen-bond donors (Lipinski definition) is 4. The van der Waals surface area contributed by atoms with Crippen molar-refractivity contribution in [3.8, 4) is 0 Å². The van der Waals surface area contributed by atoms with E-state index in [4.69, 9.17) is 28.3 Å². The topological polar surface area (TPSA) is 90.5 Å². The fraction of sp³-hybridized carbons (Fsp3) is 0.548. The van der Waals surface area contributed by atoms with E-state index in [2.05, 4.69) is 43.6 Å². The van der Waals surface area contributed by atoms with Crippen molar-refractivity contribution in [1.82, 2.24) is 10.6 Å². The Morgan fingerprint density at radius 1 is 0.976 bits per heavy atom. The standard InChI is InChI=1S/C17H14Cl2F2N2O.C5H10O.C5H12.C4H9NO/c18-13-3-1-2-9(17(13)21)11-6-22-7-12(11)10-4-15(20)14(19)5-16(10)23-8-24;6-5-3-1-2-4-5;1-5(2,3)4;1-2-3-5-4-6/h1-5,8,11-12,22H,6-7H2,(H,23,24);5-6H,1-4H2;1-4H3;4H,2-3H2,1H3,(H,5,6)/t11-,12+;;;/m1.../s1. The van der Waals surface area contributed by atoms with Gasteiger partial charge in [-0.15, -0.1) is 0 Å². The van der Waals surface area contributed by atoms with Gasteiger partial charge in [0.25, 0.3) is 0 Å². The SMILES string of the molecule is CC(C)(C)C.CCCNC=O.O=CNc1cc(Cl)c(F)cc1[C@@H]1CNC[C@@H]1c1cccc(Cl)c1F.OC1CCCC1. The van der Waals surface area contributed by atoms with Gasteiger partial charge in [-0.05, 0) is 54.0 Å². The van der Waals surface area contributed by atoms with E-state index in [0.29, 0.717) is 48.1 Å². The molecule has 2 atom stereocenters. The molecule has 0 bridgehead atoms. The lowest BCUT2D eigenvalue weighted by molar-refractivity contribution is -0.109. The first-order valence-electron chi connectivity index (χ1n) is 14.0. The quantitative estimate of drug-likeness (QED) is 0.193. The third kappa shape index (κ3) is 14.0. The van der Waals surface area contributed by atoms with Crippen molar-refractivity contribution in [3.63, 3.8) is 0 Å². The molecule has 1 aliphatic heterocycles. The number of aliphatic hydroxyl groups is 1. The van der Waals surface area contributed by atoms with E-state index in [1.807, 2.05) is 6.92 Å². The Bertz CT molecular complexity index is 1070. The molecule has 2 aromatic carbocycles. The molecule has 1 saturated heterocycles. The average molecular weight is 617 g/mol. The van der Waals surface area contributed by atoms with Gasteiger partial charge in [-0.3, -0.25) is 9.59 Å². The summed E-state index contributed by atoms with van der Waals surface area (Å²) in [5, 5.41) is 16.9. The van der Waals surface area contributed by atoms with Gasteiger partial charge in [0.2, 0.25) is 12.8 Å². The van der Waals surface area contributed by atoms with Crippen molar-refractivity contribution in [2.45, 2.75) is 84.7 Å². The predicted molar refractivity (Wildman–Crippen MR) is 165 cm³/mol. The van der Waals surface area contributed by atoms with Crippen LogP contribution in [0.2, 0.25) is 10.0 Å². The first kappa shape index (κ1) is 36.8. The van der Waals surface area contributed by atoms with Crippen molar-refractivity contribution >= 4 is 41.7 Å². The fourth-order valence-corrected chi connectivity index (χ4v) is 4.65. The van der Waals surface area contributed by atoms with Crippen molar-refractivity contribution in [2.75, 3.05) is 25.0 Å². The Balaban J connectivity index is 0.000000401. The maximum Gasteiger partial charge on any atom is 0.211 e. The van der Waals surface area contributed by atoms with Crippen LogP contribution in [-0.2, 0) is 9.59 Å². The summed E-state index contributed by atoms with van der Waals surface area (Å²) in [5.41, 5.74) is 1.95. The molecular weight excluding hydrogens is 571 g/mol. The lowest BCUT2D eigenvalue weighted by atomic mass is 9.83. The van der Waals surface area contributed by atoms with Crippen molar-refractivity contribution < 1.29 is 23.5 Å². The second kappa shape index (κ2) is 19.0. The number of aliphatic hydroxyl groups excluding tert-OH is 1. The Labute approximate surface area is 253 Å². The zero-order valence-electron chi connectivity index (χ0n) is 24.7. The number of carbonyl (C=O) groups excluding carboxylic acids is 2. The third-order valence-corrected chi connectivity index (χ3v) is 6.69. The van der Waals surface area contributed by atoms with Gasteiger partial charge >= 0.3 is 0 Å². The summed E-state index contributed by atoms with van der Waals surface area (Å²) >= 11 is 11.7. The van der Waals surface area contributed by atoms with Crippen molar-refractivity contribution in [2.24, 2.45) is 5.41 Å². The van der Waals surface area contributed by atoms with E-state index < -0.39 is 11.6 Å². The zero-order valence-corrected chi connectivity index (χ0v) is 26.2. The van der Waals surface area contributed by atoms with E-state index in [9.17, 15) is 18.4 Å². The van der Waals surface area contributed by atoms with Crippen LogP contribution in [0.5, 0.6) is 0 Å². The minimum atomic E-state index is -0.583. The van der Waals surface area contributed by atoms with Gasteiger partial charge in [-0.2, -0.15) is 0 Å². The number of anilines is 1. The molecule has 4 N–H and O–H groups in total. The van der Waals surface area contributed by atoms with Gasteiger partial charge in [0.15, 0.2) is 0 Å². The maximum atomic E-state index is 14.4. The van der Waals surface area contributed by atoms with Crippen molar-refractivity contribution in [3.05, 3.63) is 63.1 Å². The van der Waals surface area contributed by atoms with E-state index >= 15 is 0 Å².